The molecule has 2 aromatic carbocycles. The van der Waals surface area contributed by atoms with Crippen LogP contribution in [0.2, 0.25) is 5.02 Å². The van der Waals surface area contributed by atoms with Gasteiger partial charge in [-0.2, -0.15) is 0 Å². The third kappa shape index (κ3) is 3.09. The van der Waals surface area contributed by atoms with Crippen molar-refractivity contribution in [1.82, 2.24) is 4.90 Å². The van der Waals surface area contributed by atoms with Crippen LogP contribution in [0.4, 0.5) is 8.78 Å². The maximum atomic E-state index is 13.3. The average Bonchev–Trinajstić information content (AvgIpc) is 3.28. The van der Waals surface area contributed by atoms with Crippen molar-refractivity contribution in [3.05, 3.63) is 47.0 Å². The molecule has 1 atom stereocenters. The third-order valence-electron chi connectivity index (χ3n) is 4.71. The van der Waals surface area contributed by atoms with Crippen LogP contribution >= 0.6 is 11.6 Å². The largest absolute Gasteiger partial charge is 0.504 e. The normalized spacial score (nSPS) is 20.7. The van der Waals surface area contributed by atoms with Gasteiger partial charge in [0.2, 0.25) is 5.91 Å². The molecule has 7 heteroatoms. The van der Waals surface area contributed by atoms with Gasteiger partial charge in [-0.3, -0.25) is 4.79 Å². The summed E-state index contributed by atoms with van der Waals surface area (Å²) in [4.78, 5) is 13.7. The number of hydrogen-bond acceptors (Lipinski definition) is 3. The van der Waals surface area contributed by atoms with Gasteiger partial charge in [-0.25, -0.2) is 8.78 Å². The van der Waals surface area contributed by atoms with Crippen molar-refractivity contribution < 1.29 is 23.4 Å². The fraction of sp³-hybridized carbons (Fsp3) is 0.316. The molecule has 0 aromatic heterocycles. The van der Waals surface area contributed by atoms with Crippen LogP contribution in [0, 0.1) is 5.92 Å². The number of phenols is 1. The molecule has 1 amide bonds. The summed E-state index contributed by atoms with van der Waals surface area (Å²) < 4.78 is 32.1. The number of hydrogen-bond donors (Lipinski definition) is 1. The molecule has 0 saturated heterocycles. The Kier molecular flexibility index (Phi) is 4.03. The average molecular weight is 380 g/mol. The molecular weight excluding hydrogens is 364 g/mol. The van der Waals surface area contributed by atoms with Gasteiger partial charge in [-0.1, -0.05) is 23.7 Å². The van der Waals surface area contributed by atoms with E-state index in [1.54, 1.807) is 30.3 Å². The van der Waals surface area contributed by atoms with Crippen LogP contribution in [0.25, 0.3) is 11.1 Å². The molecule has 1 aliphatic carbocycles. The molecule has 1 saturated carbocycles. The topological polar surface area (TPSA) is 49.8 Å². The summed E-state index contributed by atoms with van der Waals surface area (Å²) in [6, 6.07) is 10.5. The quantitative estimate of drug-likeness (QED) is 0.855. The van der Waals surface area contributed by atoms with Gasteiger partial charge in [-0.05, 0) is 35.4 Å². The molecule has 1 fully saturated rings. The molecule has 4 nitrogen and oxygen atoms in total. The molecule has 0 spiro atoms. The first-order chi connectivity index (χ1) is 12.3. The molecular formula is C19H16ClF2NO3. The zero-order chi connectivity index (χ0) is 18.5. The molecule has 1 aliphatic heterocycles. The summed E-state index contributed by atoms with van der Waals surface area (Å²) in [5.74, 6) is -4.48. The number of phenolic OH excluding ortho intramolecular Hbond substituents is 1. The highest BCUT2D eigenvalue weighted by atomic mass is 35.5. The molecule has 2 aromatic rings. The smallest absolute Gasteiger partial charge is 0.260 e. The predicted molar refractivity (Wildman–Crippen MR) is 92.5 cm³/mol. The minimum absolute atomic E-state index is 0.0523. The number of aromatic hydroxyl groups is 1. The number of carbonyl (C=O) groups is 1. The highest BCUT2D eigenvalue weighted by Crippen LogP contribution is 2.50. The van der Waals surface area contributed by atoms with E-state index in [4.69, 9.17) is 16.3 Å². The molecule has 1 N–H and O–H groups in total. The second-order valence-corrected chi connectivity index (χ2v) is 7.06. The fourth-order valence-corrected chi connectivity index (χ4v) is 3.41. The molecule has 4 rings (SSSR count). The highest BCUT2D eigenvalue weighted by Gasteiger charge is 2.62. The third-order valence-corrected chi connectivity index (χ3v) is 4.94. The standard InChI is InChI=1S/C19H16ClF2NO3/c20-14-3-1-2-11(7-14)12-6-13-10-23(18(25)15-9-19(15,21)22)4-5-26-17(13)16(24)8-12/h1-3,6-8,15,24H,4-5,9-10H2. The molecule has 1 heterocycles. The Morgan fingerprint density at radius 1 is 1.27 bits per heavy atom. The van der Waals surface area contributed by atoms with Crippen LogP contribution in [-0.4, -0.2) is 35.0 Å². The van der Waals surface area contributed by atoms with Crippen LogP contribution in [-0.2, 0) is 11.3 Å². The summed E-state index contributed by atoms with van der Waals surface area (Å²) >= 11 is 6.03. The lowest BCUT2D eigenvalue weighted by Crippen LogP contribution is -2.34. The number of halogens is 3. The van der Waals surface area contributed by atoms with Gasteiger partial charge >= 0.3 is 0 Å². The van der Waals surface area contributed by atoms with E-state index >= 15 is 0 Å². The van der Waals surface area contributed by atoms with Gasteiger partial charge in [0.1, 0.15) is 12.5 Å². The van der Waals surface area contributed by atoms with E-state index in [-0.39, 0.29) is 31.2 Å². The van der Waals surface area contributed by atoms with Gasteiger partial charge in [-0.15, -0.1) is 0 Å². The van der Waals surface area contributed by atoms with Crippen LogP contribution in [0.1, 0.15) is 12.0 Å². The van der Waals surface area contributed by atoms with Crippen molar-refractivity contribution >= 4 is 17.5 Å². The van der Waals surface area contributed by atoms with E-state index < -0.39 is 24.2 Å². The van der Waals surface area contributed by atoms with Gasteiger partial charge in [0, 0.05) is 23.6 Å². The number of rotatable bonds is 2. The number of benzene rings is 2. The van der Waals surface area contributed by atoms with Crippen molar-refractivity contribution in [3.8, 4) is 22.6 Å². The Balaban J connectivity index is 1.67. The van der Waals surface area contributed by atoms with E-state index in [1.165, 1.54) is 4.90 Å². The van der Waals surface area contributed by atoms with E-state index in [0.29, 0.717) is 16.1 Å². The van der Waals surface area contributed by atoms with Crippen LogP contribution in [0.5, 0.6) is 11.5 Å². The Morgan fingerprint density at radius 3 is 2.73 bits per heavy atom. The van der Waals surface area contributed by atoms with E-state index in [2.05, 4.69) is 0 Å². The fourth-order valence-electron chi connectivity index (χ4n) is 3.22. The number of carbonyl (C=O) groups excluding carboxylic acids is 1. The zero-order valence-corrected chi connectivity index (χ0v) is 14.5. The summed E-state index contributed by atoms with van der Waals surface area (Å²) in [6.45, 7) is 0.454. The Bertz CT molecular complexity index is 887. The maximum Gasteiger partial charge on any atom is 0.260 e. The van der Waals surface area contributed by atoms with Gasteiger partial charge in [0.15, 0.2) is 11.5 Å². The van der Waals surface area contributed by atoms with Gasteiger partial charge in [0.25, 0.3) is 5.92 Å². The first-order valence-electron chi connectivity index (χ1n) is 8.26. The lowest BCUT2D eigenvalue weighted by atomic mass is 10.0. The maximum absolute atomic E-state index is 13.3. The summed E-state index contributed by atoms with van der Waals surface area (Å²) in [5.41, 5.74) is 2.08. The van der Waals surface area contributed by atoms with E-state index in [1.807, 2.05) is 6.07 Å². The Morgan fingerprint density at radius 2 is 2.04 bits per heavy atom. The van der Waals surface area contributed by atoms with Crippen molar-refractivity contribution in [2.75, 3.05) is 13.2 Å². The van der Waals surface area contributed by atoms with Crippen molar-refractivity contribution in [1.29, 1.82) is 0 Å². The molecule has 2 aliphatic rings. The van der Waals surface area contributed by atoms with E-state index in [9.17, 15) is 18.7 Å². The van der Waals surface area contributed by atoms with Gasteiger partial charge in [0.05, 0.1) is 6.54 Å². The van der Waals surface area contributed by atoms with Gasteiger partial charge < -0.3 is 14.7 Å². The number of alkyl halides is 2. The molecule has 136 valence electrons. The van der Waals surface area contributed by atoms with E-state index in [0.717, 1.165) is 5.56 Å². The number of amides is 1. The minimum Gasteiger partial charge on any atom is -0.504 e. The predicted octanol–water partition coefficient (Wildman–Crippen LogP) is 4.09. The Hall–Kier alpha value is -2.34. The summed E-state index contributed by atoms with van der Waals surface area (Å²) in [7, 11) is 0. The number of nitrogens with zero attached hydrogens (tertiary/aromatic N) is 1. The van der Waals surface area contributed by atoms with Crippen LogP contribution in [0.3, 0.4) is 0 Å². The first-order valence-corrected chi connectivity index (χ1v) is 8.64. The SMILES string of the molecule is O=C(C1CC1(F)F)N1CCOc2c(O)cc(-c3cccc(Cl)c3)cc2C1. The number of ether oxygens (including phenoxy) is 1. The first kappa shape index (κ1) is 17.1. The van der Waals surface area contributed by atoms with Crippen molar-refractivity contribution in [2.24, 2.45) is 5.92 Å². The molecule has 0 bridgehead atoms. The lowest BCUT2D eigenvalue weighted by Gasteiger charge is -2.20. The molecule has 0 radical (unpaired) electrons. The summed E-state index contributed by atoms with van der Waals surface area (Å²) in [5, 5.41) is 10.9. The zero-order valence-electron chi connectivity index (χ0n) is 13.7. The van der Waals surface area contributed by atoms with Crippen LogP contribution < -0.4 is 4.74 Å². The molecule has 26 heavy (non-hydrogen) atoms. The van der Waals surface area contributed by atoms with Crippen molar-refractivity contribution in [3.63, 3.8) is 0 Å². The monoisotopic (exact) mass is 379 g/mol. The van der Waals surface area contributed by atoms with Crippen LogP contribution in [0.15, 0.2) is 36.4 Å². The molecule has 1 unspecified atom stereocenters. The highest BCUT2D eigenvalue weighted by molar-refractivity contribution is 6.30. The Labute approximate surface area is 153 Å². The van der Waals surface area contributed by atoms with Crippen molar-refractivity contribution in [2.45, 2.75) is 18.9 Å². The summed E-state index contributed by atoms with van der Waals surface area (Å²) in [6.07, 6.45) is -0.399. The second-order valence-electron chi connectivity index (χ2n) is 6.62. The lowest BCUT2D eigenvalue weighted by molar-refractivity contribution is -0.135. The number of fused-ring (bicyclic) bond motifs is 1. The minimum atomic E-state index is -2.90. The second kappa shape index (κ2) is 6.13.